The van der Waals surface area contributed by atoms with Gasteiger partial charge in [0.25, 0.3) is 5.91 Å². The van der Waals surface area contributed by atoms with Gasteiger partial charge >= 0.3 is 12.0 Å². The monoisotopic (exact) mass is 262 g/mol. The molecule has 0 aliphatic heterocycles. The largest absolute Gasteiger partial charge is 0.478 e. The van der Waals surface area contributed by atoms with Crippen LogP contribution in [0.15, 0.2) is 16.5 Å². The smallest absolute Gasteiger partial charge is 0.337 e. The first-order valence-electron chi connectivity index (χ1n) is 5.30. The number of aromatic nitrogens is 3. The highest BCUT2D eigenvalue weighted by Gasteiger charge is 2.15. The summed E-state index contributed by atoms with van der Waals surface area (Å²) in [5.74, 6) is -1.33. The molecule has 1 amide bonds. The second-order valence-corrected chi connectivity index (χ2v) is 3.71. The molecule has 2 heterocycles. The van der Waals surface area contributed by atoms with Gasteiger partial charge in [-0.25, -0.2) is 9.78 Å². The molecule has 0 fully saturated rings. The van der Waals surface area contributed by atoms with Gasteiger partial charge in [0.1, 0.15) is 5.69 Å². The predicted molar refractivity (Wildman–Crippen MR) is 62.9 cm³/mol. The maximum atomic E-state index is 11.8. The van der Waals surface area contributed by atoms with Crippen LogP contribution in [0, 0.1) is 13.8 Å². The van der Waals surface area contributed by atoms with Gasteiger partial charge in [-0.3, -0.25) is 10.1 Å². The van der Waals surface area contributed by atoms with Crippen LogP contribution in [0.3, 0.4) is 0 Å². The number of hydrogen-bond acceptors (Lipinski definition) is 6. The molecule has 0 bridgehead atoms. The van der Waals surface area contributed by atoms with E-state index < -0.39 is 11.9 Å². The van der Waals surface area contributed by atoms with Crippen molar-refractivity contribution in [1.82, 2.24) is 15.2 Å². The Kier molecular flexibility index (Phi) is 3.23. The zero-order chi connectivity index (χ0) is 14.0. The van der Waals surface area contributed by atoms with E-state index >= 15 is 0 Å². The lowest BCUT2D eigenvalue weighted by Gasteiger charge is -2.03. The lowest BCUT2D eigenvalue weighted by Crippen LogP contribution is -2.15. The lowest BCUT2D eigenvalue weighted by molar-refractivity contribution is 0.0695. The molecule has 2 aromatic heterocycles. The fourth-order valence-corrected chi connectivity index (χ4v) is 1.42. The summed E-state index contributed by atoms with van der Waals surface area (Å²) in [7, 11) is 0. The minimum absolute atomic E-state index is 0.0377. The van der Waals surface area contributed by atoms with E-state index in [2.05, 4.69) is 20.5 Å². The van der Waals surface area contributed by atoms with Crippen LogP contribution < -0.4 is 5.32 Å². The number of hydrogen-bond donors (Lipinski definition) is 2. The summed E-state index contributed by atoms with van der Waals surface area (Å²) < 4.78 is 4.99. The van der Waals surface area contributed by atoms with Crippen LogP contribution in [0.1, 0.15) is 32.4 Å². The zero-order valence-corrected chi connectivity index (χ0v) is 10.2. The molecule has 0 radical (unpaired) electrons. The number of aryl methyl sites for hydroxylation is 2. The van der Waals surface area contributed by atoms with Gasteiger partial charge in [-0.15, -0.1) is 5.10 Å². The molecule has 8 heteroatoms. The highest BCUT2D eigenvalue weighted by molar-refractivity contribution is 6.02. The van der Waals surface area contributed by atoms with E-state index in [1.807, 2.05) is 0 Å². The molecule has 98 valence electrons. The average molecular weight is 262 g/mol. The van der Waals surface area contributed by atoms with Crippen molar-refractivity contribution in [1.29, 1.82) is 0 Å². The molecule has 0 aromatic carbocycles. The molecular weight excluding hydrogens is 252 g/mol. The van der Waals surface area contributed by atoms with Crippen LogP contribution in [0.2, 0.25) is 0 Å². The quantitative estimate of drug-likeness (QED) is 0.847. The van der Waals surface area contributed by atoms with Crippen molar-refractivity contribution in [3.8, 4) is 0 Å². The first-order valence-corrected chi connectivity index (χ1v) is 5.30. The van der Waals surface area contributed by atoms with E-state index in [-0.39, 0.29) is 23.0 Å². The van der Waals surface area contributed by atoms with Crippen LogP contribution in [0.4, 0.5) is 6.01 Å². The fourth-order valence-electron chi connectivity index (χ4n) is 1.42. The standard InChI is InChI=1S/C11H10N4O4/c1-5-7(10(17)18)3-4-8(12-5)9(16)13-11-15-14-6(2)19-11/h3-4H,1-2H3,(H,17,18)(H,13,15,16). The minimum Gasteiger partial charge on any atom is -0.478 e. The highest BCUT2D eigenvalue weighted by atomic mass is 16.4. The van der Waals surface area contributed by atoms with Crippen molar-refractivity contribution >= 4 is 17.9 Å². The molecule has 0 spiro atoms. The van der Waals surface area contributed by atoms with E-state index in [0.29, 0.717) is 5.89 Å². The normalized spacial score (nSPS) is 10.2. The number of carboxylic acids is 1. The molecule has 0 aliphatic carbocycles. The van der Waals surface area contributed by atoms with Gasteiger partial charge in [-0.05, 0) is 19.1 Å². The molecule has 0 saturated carbocycles. The van der Waals surface area contributed by atoms with Gasteiger partial charge in [-0.2, -0.15) is 0 Å². The van der Waals surface area contributed by atoms with Gasteiger partial charge in [0, 0.05) is 6.92 Å². The van der Waals surface area contributed by atoms with E-state index in [1.165, 1.54) is 19.1 Å². The molecule has 2 rings (SSSR count). The lowest BCUT2D eigenvalue weighted by atomic mass is 10.2. The van der Waals surface area contributed by atoms with E-state index in [4.69, 9.17) is 9.52 Å². The Labute approximate surface area is 107 Å². The average Bonchev–Trinajstić information content (AvgIpc) is 2.74. The van der Waals surface area contributed by atoms with Crippen LogP contribution in [0.25, 0.3) is 0 Å². The van der Waals surface area contributed by atoms with E-state index in [0.717, 1.165) is 0 Å². The van der Waals surface area contributed by atoms with Gasteiger partial charge in [0.15, 0.2) is 0 Å². The molecular formula is C11H10N4O4. The molecule has 0 saturated heterocycles. The van der Waals surface area contributed by atoms with Gasteiger partial charge in [-0.1, -0.05) is 5.10 Å². The molecule has 2 N–H and O–H groups in total. The zero-order valence-electron chi connectivity index (χ0n) is 10.2. The summed E-state index contributed by atoms with van der Waals surface area (Å²) in [5, 5.41) is 18.4. The number of rotatable bonds is 3. The number of carbonyl (C=O) groups is 2. The first-order chi connectivity index (χ1) is 8.97. The van der Waals surface area contributed by atoms with Gasteiger partial charge < -0.3 is 9.52 Å². The van der Waals surface area contributed by atoms with Crippen LogP contribution >= 0.6 is 0 Å². The Balaban J connectivity index is 2.20. The number of nitrogens with zero attached hydrogens (tertiary/aromatic N) is 3. The van der Waals surface area contributed by atoms with Crippen molar-refractivity contribution in [2.24, 2.45) is 0 Å². The Morgan fingerprint density at radius 3 is 2.53 bits per heavy atom. The molecule has 0 unspecified atom stereocenters. The number of nitrogens with one attached hydrogen (secondary N) is 1. The number of pyridine rings is 1. The molecule has 2 aromatic rings. The molecule has 0 aliphatic rings. The summed E-state index contributed by atoms with van der Waals surface area (Å²) >= 11 is 0. The molecule has 8 nitrogen and oxygen atoms in total. The number of amides is 1. The SMILES string of the molecule is Cc1nnc(NC(=O)c2ccc(C(=O)O)c(C)n2)o1. The summed E-state index contributed by atoms with van der Waals surface area (Å²) in [4.78, 5) is 26.5. The predicted octanol–water partition coefficient (Wildman–Crippen LogP) is 1.03. The Hall–Kier alpha value is -2.77. The fraction of sp³-hybridized carbons (Fsp3) is 0.182. The third-order valence-electron chi connectivity index (χ3n) is 2.30. The van der Waals surface area contributed by atoms with Crippen molar-refractivity contribution in [3.63, 3.8) is 0 Å². The van der Waals surface area contributed by atoms with Crippen molar-refractivity contribution in [2.45, 2.75) is 13.8 Å². The maximum absolute atomic E-state index is 11.8. The van der Waals surface area contributed by atoms with Crippen LogP contribution in [-0.4, -0.2) is 32.2 Å². The minimum atomic E-state index is -1.09. The van der Waals surface area contributed by atoms with E-state index in [9.17, 15) is 9.59 Å². The van der Waals surface area contributed by atoms with Crippen molar-refractivity contribution in [2.75, 3.05) is 5.32 Å². The Morgan fingerprint density at radius 2 is 2.00 bits per heavy atom. The molecule has 0 atom stereocenters. The van der Waals surface area contributed by atoms with Crippen molar-refractivity contribution < 1.29 is 19.1 Å². The summed E-state index contributed by atoms with van der Waals surface area (Å²) in [5.41, 5.74) is 0.366. The Bertz CT molecular complexity index is 650. The van der Waals surface area contributed by atoms with E-state index in [1.54, 1.807) is 6.92 Å². The number of anilines is 1. The summed E-state index contributed by atoms with van der Waals surface area (Å²) in [6.45, 7) is 3.10. The number of carbonyl (C=O) groups excluding carboxylic acids is 1. The van der Waals surface area contributed by atoms with Gasteiger partial charge in [0.05, 0.1) is 11.3 Å². The number of aromatic carboxylic acids is 1. The van der Waals surface area contributed by atoms with Gasteiger partial charge in [0.2, 0.25) is 5.89 Å². The third-order valence-corrected chi connectivity index (χ3v) is 2.30. The Morgan fingerprint density at radius 1 is 1.26 bits per heavy atom. The number of carboxylic acid groups (broad SMARTS) is 1. The summed E-state index contributed by atoms with van der Waals surface area (Å²) in [6.07, 6.45) is 0. The second-order valence-electron chi connectivity index (χ2n) is 3.71. The topological polar surface area (TPSA) is 118 Å². The molecule has 19 heavy (non-hydrogen) atoms. The van der Waals surface area contributed by atoms with Crippen molar-refractivity contribution in [3.05, 3.63) is 35.0 Å². The van der Waals surface area contributed by atoms with Crippen LogP contribution in [0.5, 0.6) is 0 Å². The summed E-state index contributed by atoms with van der Waals surface area (Å²) in [6, 6.07) is 2.59. The maximum Gasteiger partial charge on any atom is 0.337 e. The van der Waals surface area contributed by atoms with Crippen LogP contribution in [-0.2, 0) is 0 Å². The second kappa shape index (κ2) is 4.84. The third kappa shape index (κ3) is 2.73. The highest BCUT2D eigenvalue weighted by Crippen LogP contribution is 2.10. The first kappa shape index (κ1) is 12.7.